The Morgan fingerprint density at radius 2 is 1.67 bits per heavy atom. The van der Waals surface area contributed by atoms with Gasteiger partial charge in [0.25, 0.3) is 11.6 Å². The van der Waals surface area contributed by atoms with Crippen molar-refractivity contribution in [1.82, 2.24) is 0 Å². The highest BCUT2D eigenvalue weighted by atomic mass is 16.6. The molecule has 3 aromatic rings. The molecule has 0 aliphatic heterocycles. The molecule has 0 unspecified atom stereocenters. The van der Waals surface area contributed by atoms with Crippen LogP contribution in [0, 0.1) is 10.1 Å². The lowest BCUT2D eigenvalue weighted by Gasteiger charge is -2.12. The summed E-state index contributed by atoms with van der Waals surface area (Å²) in [7, 11) is 2.86. The minimum absolute atomic E-state index is 0.116. The first-order chi connectivity index (χ1) is 14.4. The third-order valence-electron chi connectivity index (χ3n) is 4.33. The van der Waals surface area contributed by atoms with Crippen LogP contribution >= 0.6 is 0 Å². The zero-order valence-electron chi connectivity index (χ0n) is 16.2. The van der Waals surface area contributed by atoms with Crippen LogP contribution in [0.1, 0.15) is 10.4 Å². The number of nitro groups is 1. The van der Waals surface area contributed by atoms with E-state index in [1.165, 1.54) is 32.4 Å². The number of ether oxygens (including phenoxy) is 3. The molecule has 0 atom stereocenters. The number of methoxy groups -OCH3 is 2. The molecular weight excluding hydrogens is 392 g/mol. The second kappa shape index (κ2) is 8.91. The van der Waals surface area contributed by atoms with E-state index in [-0.39, 0.29) is 17.1 Å². The van der Waals surface area contributed by atoms with Crippen molar-refractivity contribution in [2.24, 2.45) is 0 Å². The van der Waals surface area contributed by atoms with Gasteiger partial charge in [0.15, 0.2) is 6.61 Å². The van der Waals surface area contributed by atoms with E-state index in [4.69, 9.17) is 14.2 Å². The molecule has 0 aromatic heterocycles. The molecule has 3 aromatic carbocycles. The summed E-state index contributed by atoms with van der Waals surface area (Å²) in [4.78, 5) is 35.0. The van der Waals surface area contributed by atoms with E-state index in [0.717, 1.165) is 5.39 Å². The minimum Gasteiger partial charge on any atom is -0.496 e. The Labute approximate surface area is 171 Å². The number of nitrogens with one attached hydrogen (secondary N) is 1. The summed E-state index contributed by atoms with van der Waals surface area (Å²) in [6, 6.07) is 14.2. The molecule has 0 spiro atoms. The first-order valence-electron chi connectivity index (χ1n) is 8.79. The van der Waals surface area contributed by atoms with Crippen molar-refractivity contribution in [1.29, 1.82) is 0 Å². The number of rotatable bonds is 7. The van der Waals surface area contributed by atoms with Gasteiger partial charge in [-0.25, -0.2) is 4.79 Å². The average Bonchev–Trinajstić information content (AvgIpc) is 2.76. The topological polar surface area (TPSA) is 117 Å². The molecule has 0 aliphatic carbocycles. The first-order valence-corrected chi connectivity index (χ1v) is 8.79. The third-order valence-corrected chi connectivity index (χ3v) is 4.33. The molecule has 9 heteroatoms. The van der Waals surface area contributed by atoms with Crippen LogP contribution in [0.3, 0.4) is 0 Å². The van der Waals surface area contributed by atoms with Crippen LogP contribution in [0.2, 0.25) is 0 Å². The van der Waals surface area contributed by atoms with Gasteiger partial charge in [0.1, 0.15) is 11.5 Å². The van der Waals surface area contributed by atoms with Gasteiger partial charge < -0.3 is 19.5 Å². The quantitative estimate of drug-likeness (QED) is 0.359. The monoisotopic (exact) mass is 410 g/mol. The third kappa shape index (κ3) is 4.30. The fraction of sp³-hybridized carbons (Fsp3) is 0.143. The van der Waals surface area contributed by atoms with Gasteiger partial charge in [-0.2, -0.15) is 0 Å². The van der Waals surface area contributed by atoms with Crippen LogP contribution in [0.15, 0.2) is 54.6 Å². The number of hydrogen-bond donors (Lipinski definition) is 1. The van der Waals surface area contributed by atoms with E-state index in [0.29, 0.717) is 16.7 Å². The second-order valence-corrected chi connectivity index (χ2v) is 6.13. The molecule has 1 N–H and O–H groups in total. The molecule has 0 saturated heterocycles. The number of nitro benzene ring substituents is 1. The number of fused-ring (bicyclic) bond motifs is 1. The lowest BCUT2D eigenvalue weighted by atomic mass is 10.0. The number of carbonyl (C=O) groups excluding carboxylic acids is 2. The Morgan fingerprint density at radius 1 is 0.967 bits per heavy atom. The molecule has 0 heterocycles. The molecule has 1 amide bonds. The summed E-state index contributed by atoms with van der Waals surface area (Å²) >= 11 is 0. The molecule has 9 nitrogen and oxygen atoms in total. The van der Waals surface area contributed by atoms with E-state index in [1.807, 2.05) is 12.1 Å². The van der Waals surface area contributed by atoms with E-state index >= 15 is 0 Å². The molecule has 3 rings (SSSR count). The number of nitrogens with zero attached hydrogens (tertiary/aromatic N) is 1. The molecule has 154 valence electrons. The second-order valence-electron chi connectivity index (χ2n) is 6.13. The zero-order chi connectivity index (χ0) is 21.7. The van der Waals surface area contributed by atoms with Gasteiger partial charge in [-0.05, 0) is 23.6 Å². The standard InChI is InChI=1S/C21H18N2O7/c1-28-18-10-8-16(14-5-3-4-6-15(14)18)21(25)30-12-20(24)22-17-9-7-13(23(26)27)11-19(17)29-2/h3-11H,12H2,1-2H3,(H,22,24). The van der Waals surface area contributed by atoms with Crippen molar-refractivity contribution in [3.8, 4) is 11.5 Å². The van der Waals surface area contributed by atoms with Crippen LogP contribution in [-0.2, 0) is 9.53 Å². The van der Waals surface area contributed by atoms with Crippen LogP contribution in [0.5, 0.6) is 11.5 Å². The van der Waals surface area contributed by atoms with Crippen molar-refractivity contribution < 1.29 is 28.7 Å². The largest absolute Gasteiger partial charge is 0.496 e. The Balaban J connectivity index is 1.71. The van der Waals surface area contributed by atoms with Gasteiger partial charge in [0.05, 0.1) is 36.5 Å². The van der Waals surface area contributed by atoms with Gasteiger partial charge in [-0.3, -0.25) is 14.9 Å². The Kier molecular flexibility index (Phi) is 6.11. The Hall–Kier alpha value is -4.14. The summed E-state index contributed by atoms with van der Waals surface area (Å²) < 4.78 is 15.5. The van der Waals surface area contributed by atoms with Gasteiger partial charge in [-0.15, -0.1) is 0 Å². The minimum atomic E-state index is -0.667. The molecule has 0 saturated carbocycles. The van der Waals surface area contributed by atoms with Gasteiger partial charge in [0, 0.05) is 11.5 Å². The van der Waals surface area contributed by atoms with Crippen LogP contribution < -0.4 is 14.8 Å². The molecule has 0 fully saturated rings. The van der Waals surface area contributed by atoms with Crippen molar-refractivity contribution in [3.05, 3.63) is 70.3 Å². The smallest absolute Gasteiger partial charge is 0.339 e. The first kappa shape index (κ1) is 20.6. The van der Waals surface area contributed by atoms with Gasteiger partial charge in [-0.1, -0.05) is 24.3 Å². The summed E-state index contributed by atoms with van der Waals surface area (Å²) in [5.41, 5.74) is 0.342. The zero-order valence-corrected chi connectivity index (χ0v) is 16.2. The SMILES string of the molecule is COc1cc([N+](=O)[O-])ccc1NC(=O)COC(=O)c1ccc(OC)c2ccccc12. The van der Waals surface area contributed by atoms with Crippen molar-refractivity contribution >= 4 is 34.0 Å². The lowest BCUT2D eigenvalue weighted by molar-refractivity contribution is -0.384. The normalized spacial score (nSPS) is 10.3. The number of non-ortho nitro benzene ring substituents is 1. The highest BCUT2D eigenvalue weighted by Crippen LogP contribution is 2.30. The lowest BCUT2D eigenvalue weighted by Crippen LogP contribution is -2.21. The summed E-state index contributed by atoms with van der Waals surface area (Å²) in [5.74, 6) is -0.553. The Morgan fingerprint density at radius 3 is 2.33 bits per heavy atom. The van der Waals surface area contributed by atoms with Crippen molar-refractivity contribution in [2.45, 2.75) is 0 Å². The number of benzene rings is 3. The number of anilines is 1. The van der Waals surface area contributed by atoms with E-state index in [2.05, 4.69) is 5.32 Å². The number of hydrogen-bond acceptors (Lipinski definition) is 7. The molecule has 0 radical (unpaired) electrons. The van der Waals surface area contributed by atoms with Crippen molar-refractivity contribution in [3.63, 3.8) is 0 Å². The fourth-order valence-corrected chi connectivity index (χ4v) is 2.92. The number of esters is 1. The molecule has 30 heavy (non-hydrogen) atoms. The summed E-state index contributed by atoms with van der Waals surface area (Å²) in [6.07, 6.45) is 0. The molecule has 0 aliphatic rings. The molecule has 0 bridgehead atoms. The number of amides is 1. The van der Waals surface area contributed by atoms with Crippen LogP contribution in [0.4, 0.5) is 11.4 Å². The van der Waals surface area contributed by atoms with Crippen LogP contribution in [0.25, 0.3) is 10.8 Å². The maximum absolute atomic E-state index is 12.5. The van der Waals surface area contributed by atoms with E-state index in [9.17, 15) is 19.7 Å². The van der Waals surface area contributed by atoms with Crippen molar-refractivity contribution in [2.75, 3.05) is 26.1 Å². The van der Waals surface area contributed by atoms with Crippen LogP contribution in [-0.4, -0.2) is 37.6 Å². The summed E-state index contributed by atoms with van der Waals surface area (Å²) in [6.45, 7) is -0.542. The molecular formula is C21H18N2O7. The number of carbonyl (C=O) groups is 2. The van der Waals surface area contributed by atoms with E-state index in [1.54, 1.807) is 24.3 Å². The Bertz CT molecular complexity index is 1130. The van der Waals surface area contributed by atoms with Gasteiger partial charge >= 0.3 is 5.97 Å². The maximum Gasteiger partial charge on any atom is 0.339 e. The fourth-order valence-electron chi connectivity index (χ4n) is 2.92. The van der Waals surface area contributed by atoms with E-state index < -0.39 is 23.4 Å². The predicted molar refractivity (Wildman–Crippen MR) is 109 cm³/mol. The highest BCUT2D eigenvalue weighted by Gasteiger charge is 2.17. The average molecular weight is 410 g/mol. The predicted octanol–water partition coefficient (Wildman–Crippen LogP) is 3.56. The maximum atomic E-state index is 12.5. The summed E-state index contributed by atoms with van der Waals surface area (Å²) in [5, 5.41) is 14.7. The van der Waals surface area contributed by atoms with Gasteiger partial charge in [0.2, 0.25) is 0 Å². The highest BCUT2D eigenvalue weighted by molar-refractivity contribution is 6.07.